The molecule has 0 radical (unpaired) electrons. The van der Waals surface area contributed by atoms with Gasteiger partial charge in [0.1, 0.15) is 18.1 Å². The maximum absolute atomic E-state index is 13.8. The number of carbonyl (C=O) groups excluding carboxylic acids is 2. The van der Waals surface area contributed by atoms with Crippen molar-refractivity contribution in [1.82, 2.24) is 15.1 Å². The Hall–Kier alpha value is -4.04. The first-order valence-corrected chi connectivity index (χ1v) is 14.6. The lowest BCUT2D eigenvalue weighted by atomic mass is 9.99. The number of aryl methyl sites for hydroxylation is 1. The minimum absolute atomic E-state index is 0.00615. The van der Waals surface area contributed by atoms with E-state index in [2.05, 4.69) is 5.32 Å². The van der Waals surface area contributed by atoms with E-state index in [-0.39, 0.29) is 35.4 Å². The summed E-state index contributed by atoms with van der Waals surface area (Å²) in [5, 5.41) is 7.91. The minimum atomic E-state index is -0.257. The van der Waals surface area contributed by atoms with Gasteiger partial charge in [0, 0.05) is 22.7 Å². The number of hydrogen-bond acceptors (Lipinski definition) is 5. The van der Waals surface area contributed by atoms with E-state index in [0.29, 0.717) is 5.82 Å². The van der Waals surface area contributed by atoms with E-state index in [1.807, 2.05) is 104 Å². The van der Waals surface area contributed by atoms with Crippen molar-refractivity contribution in [3.63, 3.8) is 0 Å². The lowest BCUT2D eigenvalue weighted by Crippen LogP contribution is -2.44. The lowest BCUT2D eigenvalue weighted by molar-refractivity contribution is -0.123. The van der Waals surface area contributed by atoms with Gasteiger partial charge in [-0.15, -0.1) is 11.8 Å². The van der Waals surface area contributed by atoms with Crippen LogP contribution in [0.1, 0.15) is 42.2 Å². The Morgan fingerprint density at radius 1 is 1.07 bits per heavy atom. The van der Waals surface area contributed by atoms with Crippen LogP contribution in [0.3, 0.4) is 0 Å². The molecule has 2 unspecified atom stereocenters. The van der Waals surface area contributed by atoms with Gasteiger partial charge in [-0.1, -0.05) is 73.2 Å². The summed E-state index contributed by atoms with van der Waals surface area (Å²) in [5.74, 6) is 1.20. The zero-order valence-electron chi connectivity index (χ0n) is 23.3. The molecule has 0 saturated carbocycles. The highest BCUT2D eigenvalue weighted by Crippen LogP contribution is 2.50. The molecule has 2 heterocycles. The molecule has 0 bridgehead atoms. The zero-order valence-corrected chi connectivity index (χ0v) is 24.1. The average Bonchev–Trinajstić information content (AvgIpc) is 3.30. The highest BCUT2D eigenvalue weighted by atomic mass is 32.2. The van der Waals surface area contributed by atoms with Crippen LogP contribution in [-0.4, -0.2) is 47.0 Å². The lowest BCUT2D eigenvalue weighted by Gasteiger charge is -2.24. The van der Waals surface area contributed by atoms with Gasteiger partial charge in [-0.2, -0.15) is 5.10 Å². The molecule has 0 spiro atoms. The third kappa shape index (κ3) is 5.49. The first-order valence-electron chi connectivity index (χ1n) is 13.5. The summed E-state index contributed by atoms with van der Waals surface area (Å²) in [6.07, 6.45) is 0.802. The van der Waals surface area contributed by atoms with Crippen LogP contribution in [0, 0.1) is 6.92 Å². The van der Waals surface area contributed by atoms with Gasteiger partial charge in [-0.25, -0.2) is 4.68 Å². The number of carbonyl (C=O) groups is 2. The van der Waals surface area contributed by atoms with Gasteiger partial charge >= 0.3 is 0 Å². The van der Waals surface area contributed by atoms with Crippen molar-refractivity contribution in [3.05, 3.63) is 95.6 Å². The molecule has 2 atom stereocenters. The van der Waals surface area contributed by atoms with E-state index in [9.17, 15) is 9.59 Å². The molecule has 3 aromatic carbocycles. The topological polar surface area (TPSA) is 76.5 Å². The van der Waals surface area contributed by atoms with Crippen LogP contribution in [0.4, 0.5) is 5.82 Å². The van der Waals surface area contributed by atoms with Crippen molar-refractivity contribution >= 4 is 29.4 Å². The van der Waals surface area contributed by atoms with Crippen molar-refractivity contribution in [2.45, 2.75) is 38.5 Å². The highest BCUT2D eigenvalue weighted by Gasteiger charge is 2.38. The number of aromatic nitrogens is 2. The van der Waals surface area contributed by atoms with Crippen molar-refractivity contribution in [2.75, 3.05) is 24.3 Å². The Labute approximate surface area is 239 Å². The van der Waals surface area contributed by atoms with Gasteiger partial charge in [-0.05, 0) is 38.5 Å². The predicted octanol–water partition coefficient (Wildman–Crippen LogP) is 5.94. The molecule has 206 valence electrons. The third-order valence-electron chi connectivity index (χ3n) is 7.16. The maximum atomic E-state index is 13.8. The average molecular weight is 555 g/mol. The highest BCUT2D eigenvalue weighted by molar-refractivity contribution is 8.00. The van der Waals surface area contributed by atoms with Gasteiger partial charge in [-0.3, -0.25) is 14.5 Å². The number of nitrogens with zero attached hydrogens (tertiary/aromatic N) is 3. The molecule has 2 amide bonds. The Morgan fingerprint density at radius 2 is 1.77 bits per heavy atom. The molecule has 0 fully saturated rings. The minimum Gasteiger partial charge on any atom is -0.496 e. The second kappa shape index (κ2) is 12.0. The summed E-state index contributed by atoms with van der Waals surface area (Å²) in [4.78, 5) is 28.6. The van der Waals surface area contributed by atoms with Crippen LogP contribution in [0.5, 0.6) is 5.75 Å². The van der Waals surface area contributed by atoms with Gasteiger partial charge in [0.2, 0.25) is 11.8 Å². The molecule has 1 aromatic heterocycles. The largest absolute Gasteiger partial charge is 0.496 e. The van der Waals surface area contributed by atoms with Gasteiger partial charge < -0.3 is 10.1 Å². The van der Waals surface area contributed by atoms with Crippen LogP contribution >= 0.6 is 11.8 Å². The second-order valence-electron chi connectivity index (χ2n) is 9.99. The molecule has 1 aliphatic rings. The number of benzene rings is 3. The fourth-order valence-electron chi connectivity index (χ4n) is 4.89. The van der Waals surface area contributed by atoms with E-state index in [1.165, 1.54) is 11.8 Å². The number of amides is 2. The number of rotatable bonds is 8. The fourth-order valence-corrected chi connectivity index (χ4v) is 6.11. The quantitative estimate of drug-likeness (QED) is 0.292. The monoisotopic (exact) mass is 554 g/mol. The van der Waals surface area contributed by atoms with Crippen LogP contribution in [0.2, 0.25) is 0 Å². The maximum Gasteiger partial charge on any atom is 0.240 e. The number of hydrogen-bond donors (Lipinski definition) is 1. The predicted molar refractivity (Wildman–Crippen MR) is 161 cm³/mol. The SMILES string of the molecule is CCC(C)NC(=O)CN1C(=O)CSC(c2ccccc2OC)c2c(-c3ccccc3)nn(-c3ccc(C)cc3)c21. The molecule has 8 heteroatoms. The Balaban J connectivity index is 1.79. The van der Waals surface area contributed by atoms with E-state index in [1.54, 1.807) is 12.0 Å². The number of anilines is 1. The summed E-state index contributed by atoms with van der Waals surface area (Å²) in [6.45, 7) is 5.92. The molecule has 0 aliphatic carbocycles. The zero-order chi connectivity index (χ0) is 28.2. The standard InChI is InChI=1S/C32H34N4O3S/c1-5-22(3)33-27(37)19-35-28(38)20-40-31(25-13-9-10-14-26(25)39-4)29-30(23-11-7-6-8-12-23)34-36(32(29)35)24-17-15-21(2)16-18-24/h6-18,22,31H,5,19-20H2,1-4H3,(H,33,37). The van der Waals surface area contributed by atoms with Gasteiger partial charge in [0.15, 0.2) is 0 Å². The van der Waals surface area contributed by atoms with Crippen molar-refractivity contribution in [1.29, 1.82) is 0 Å². The van der Waals surface area contributed by atoms with Crippen molar-refractivity contribution in [3.8, 4) is 22.7 Å². The van der Waals surface area contributed by atoms with Gasteiger partial charge in [0.25, 0.3) is 0 Å². The third-order valence-corrected chi connectivity index (χ3v) is 8.39. The Bertz CT molecular complexity index is 1500. The van der Waals surface area contributed by atoms with Crippen LogP contribution < -0.4 is 15.0 Å². The second-order valence-corrected chi connectivity index (χ2v) is 11.1. The first kappa shape index (κ1) is 27.5. The van der Waals surface area contributed by atoms with E-state index in [0.717, 1.165) is 45.8 Å². The molecule has 0 saturated heterocycles. The van der Waals surface area contributed by atoms with Crippen molar-refractivity contribution in [2.24, 2.45) is 0 Å². The molecule has 1 aliphatic heterocycles. The number of para-hydroxylation sites is 1. The summed E-state index contributed by atoms with van der Waals surface area (Å²) in [5.41, 5.74) is 5.47. The number of nitrogens with one attached hydrogen (secondary N) is 1. The molecule has 40 heavy (non-hydrogen) atoms. The molecule has 4 aromatic rings. The fraction of sp³-hybridized carbons (Fsp3) is 0.281. The molecular weight excluding hydrogens is 520 g/mol. The smallest absolute Gasteiger partial charge is 0.240 e. The Kier molecular flexibility index (Phi) is 8.26. The number of ether oxygens (including phenoxy) is 1. The first-order chi connectivity index (χ1) is 19.4. The molecule has 7 nitrogen and oxygen atoms in total. The summed E-state index contributed by atoms with van der Waals surface area (Å²) < 4.78 is 7.60. The number of thioether (sulfide) groups is 1. The number of methoxy groups -OCH3 is 1. The van der Waals surface area contributed by atoms with E-state index < -0.39 is 0 Å². The normalized spacial score (nSPS) is 15.8. The molecule has 5 rings (SSSR count). The van der Waals surface area contributed by atoms with Crippen molar-refractivity contribution < 1.29 is 14.3 Å². The molecular formula is C32H34N4O3S. The van der Waals surface area contributed by atoms with E-state index in [4.69, 9.17) is 9.84 Å². The van der Waals surface area contributed by atoms with Crippen LogP contribution in [0.25, 0.3) is 16.9 Å². The molecule has 1 N–H and O–H groups in total. The summed E-state index contributed by atoms with van der Waals surface area (Å²) in [7, 11) is 1.66. The van der Waals surface area contributed by atoms with Crippen LogP contribution in [0.15, 0.2) is 78.9 Å². The number of fused-ring (bicyclic) bond motifs is 1. The summed E-state index contributed by atoms with van der Waals surface area (Å²) >= 11 is 1.53. The van der Waals surface area contributed by atoms with Gasteiger partial charge in [0.05, 0.1) is 29.5 Å². The Morgan fingerprint density at radius 3 is 2.48 bits per heavy atom. The van der Waals surface area contributed by atoms with E-state index >= 15 is 0 Å². The van der Waals surface area contributed by atoms with Crippen LogP contribution in [-0.2, 0) is 9.59 Å². The summed E-state index contributed by atoms with van der Waals surface area (Å²) in [6, 6.07) is 25.9.